The Bertz CT molecular complexity index is 1170. The van der Waals surface area contributed by atoms with Crippen LogP contribution < -0.4 is 0 Å². The molecule has 1 heterocycles. The van der Waals surface area contributed by atoms with Crippen molar-refractivity contribution in [3.05, 3.63) is 75.2 Å². The standard InChI is InChI=1S/C21H14BrClN2O2/c1-12-2-7-18-19(8-12)27-21(25-18)13-3-5-16(6-4-13)24-11-14-9-15(23)10-17(22)20(14)26/h2-11,26H,1H3. The summed E-state index contributed by atoms with van der Waals surface area (Å²) in [5.41, 5.74) is 4.88. The second-order valence-electron chi connectivity index (χ2n) is 6.12. The molecule has 0 bridgehead atoms. The number of phenols is 1. The molecular formula is C21H14BrClN2O2. The first kappa shape index (κ1) is 17.8. The fraction of sp³-hybridized carbons (Fsp3) is 0.0476. The third kappa shape index (κ3) is 3.75. The maximum absolute atomic E-state index is 10.1. The molecule has 134 valence electrons. The van der Waals surface area contributed by atoms with Crippen LogP contribution in [0.3, 0.4) is 0 Å². The van der Waals surface area contributed by atoms with Gasteiger partial charge in [0.15, 0.2) is 5.58 Å². The van der Waals surface area contributed by atoms with Gasteiger partial charge in [-0.15, -0.1) is 0 Å². The van der Waals surface area contributed by atoms with Gasteiger partial charge in [0.1, 0.15) is 11.3 Å². The number of oxazole rings is 1. The van der Waals surface area contributed by atoms with Crippen LogP contribution in [-0.4, -0.2) is 16.3 Å². The zero-order chi connectivity index (χ0) is 19.0. The van der Waals surface area contributed by atoms with Gasteiger partial charge in [0.2, 0.25) is 5.89 Å². The minimum Gasteiger partial charge on any atom is -0.506 e. The molecule has 1 aromatic heterocycles. The number of aromatic hydroxyl groups is 1. The number of fused-ring (bicyclic) bond motifs is 1. The molecule has 0 spiro atoms. The lowest BCUT2D eigenvalue weighted by Gasteiger charge is -2.02. The first-order valence-corrected chi connectivity index (χ1v) is 9.36. The Morgan fingerprint density at radius 3 is 2.67 bits per heavy atom. The minimum absolute atomic E-state index is 0.0986. The van der Waals surface area contributed by atoms with Crippen LogP contribution >= 0.6 is 27.5 Å². The van der Waals surface area contributed by atoms with Crippen LogP contribution in [0.2, 0.25) is 5.02 Å². The lowest BCUT2D eigenvalue weighted by atomic mass is 10.2. The number of halogens is 2. The summed E-state index contributed by atoms with van der Waals surface area (Å²) >= 11 is 9.28. The van der Waals surface area contributed by atoms with E-state index < -0.39 is 0 Å². The molecule has 1 N–H and O–H groups in total. The zero-order valence-corrected chi connectivity index (χ0v) is 16.6. The average Bonchev–Trinajstić information content (AvgIpc) is 3.07. The van der Waals surface area contributed by atoms with Gasteiger partial charge in [-0.3, -0.25) is 4.99 Å². The van der Waals surface area contributed by atoms with Gasteiger partial charge in [-0.25, -0.2) is 4.98 Å². The van der Waals surface area contributed by atoms with Gasteiger partial charge in [0, 0.05) is 22.4 Å². The highest BCUT2D eigenvalue weighted by atomic mass is 79.9. The zero-order valence-electron chi connectivity index (χ0n) is 14.3. The summed E-state index contributed by atoms with van der Waals surface area (Å²) in [6.45, 7) is 2.02. The predicted molar refractivity (Wildman–Crippen MR) is 112 cm³/mol. The van der Waals surface area contributed by atoms with Crippen molar-refractivity contribution in [2.45, 2.75) is 6.92 Å². The van der Waals surface area contributed by atoms with E-state index in [4.69, 9.17) is 16.0 Å². The van der Waals surface area contributed by atoms with Crippen molar-refractivity contribution in [2.75, 3.05) is 0 Å². The smallest absolute Gasteiger partial charge is 0.227 e. The van der Waals surface area contributed by atoms with Crippen LogP contribution in [0.15, 0.2) is 68.5 Å². The second kappa shape index (κ2) is 7.18. The molecule has 0 aliphatic heterocycles. The number of phenolic OH excluding ortho intramolecular Hbond substituents is 1. The molecule has 3 aromatic carbocycles. The average molecular weight is 442 g/mol. The molecule has 0 amide bonds. The first-order valence-electron chi connectivity index (χ1n) is 8.19. The highest BCUT2D eigenvalue weighted by Crippen LogP contribution is 2.31. The topological polar surface area (TPSA) is 58.6 Å². The maximum Gasteiger partial charge on any atom is 0.227 e. The van der Waals surface area contributed by atoms with Gasteiger partial charge in [-0.1, -0.05) is 17.7 Å². The summed E-state index contributed by atoms with van der Waals surface area (Å²) in [4.78, 5) is 8.91. The summed E-state index contributed by atoms with van der Waals surface area (Å²) in [5, 5.41) is 10.6. The van der Waals surface area contributed by atoms with Crippen molar-refractivity contribution in [1.29, 1.82) is 0 Å². The first-order chi connectivity index (χ1) is 13.0. The summed E-state index contributed by atoms with van der Waals surface area (Å²) in [7, 11) is 0. The molecule has 6 heteroatoms. The SMILES string of the molecule is Cc1ccc2nc(-c3ccc(N=Cc4cc(Cl)cc(Br)c4O)cc3)oc2c1. The Morgan fingerprint density at radius 2 is 1.89 bits per heavy atom. The summed E-state index contributed by atoms with van der Waals surface area (Å²) < 4.78 is 6.37. The molecule has 0 saturated heterocycles. The van der Waals surface area contributed by atoms with E-state index in [9.17, 15) is 5.11 Å². The van der Waals surface area contributed by atoms with Gasteiger partial charge < -0.3 is 9.52 Å². The third-order valence-electron chi connectivity index (χ3n) is 4.07. The van der Waals surface area contributed by atoms with Crippen LogP contribution in [0, 0.1) is 6.92 Å². The van der Waals surface area contributed by atoms with Crippen LogP contribution in [0.4, 0.5) is 5.69 Å². The van der Waals surface area contributed by atoms with Crippen molar-refractivity contribution >= 4 is 50.5 Å². The van der Waals surface area contributed by atoms with Gasteiger partial charge >= 0.3 is 0 Å². The van der Waals surface area contributed by atoms with Crippen molar-refractivity contribution < 1.29 is 9.52 Å². The number of benzene rings is 3. The molecule has 0 atom stereocenters. The van der Waals surface area contributed by atoms with Crippen molar-refractivity contribution in [3.8, 4) is 17.2 Å². The molecular weight excluding hydrogens is 428 g/mol. The highest BCUT2D eigenvalue weighted by Gasteiger charge is 2.09. The number of aryl methyl sites for hydroxylation is 1. The van der Waals surface area contributed by atoms with E-state index in [0.717, 1.165) is 27.9 Å². The third-order valence-corrected chi connectivity index (χ3v) is 4.89. The van der Waals surface area contributed by atoms with E-state index in [1.54, 1.807) is 18.3 Å². The van der Waals surface area contributed by atoms with Gasteiger partial charge in [-0.2, -0.15) is 0 Å². The quantitative estimate of drug-likeness (QED) is 0.361. The van der Waals surface area contributed by atoms with Crippen molar-refractivity contribution in [3.63, 3.8) is 0 Å². The lowest BCUT2D eigenvalue weighted by Crippen LogP contribution is -1.84. The van der Waals surface area contributed by atoms with Crippen LogP contribution in [0.5, 0.6) is 5.75 Å². The van der Waals surface area contributed by atoms with E-state index in [1.807, 2.05) is 49.4 Å². The number of hydrogen-bond acceptors (Lipinski definition) is 4. The predicted octanol–water partition coefficient (Wildman–Crippen LogP) is 6.68. The molecule has 0 saturated carbocycles. The number of aromatic nitrogens is 1. The second-order valence-corrected chi connectivity index (χ2v) is 7.41. The van der Waals surface area contributed by atoms with E-state index in [1.165, 1.54) is 0 Å². The molecule has 4 nitrogen and oxygen atoms in total. The Kier molecular flexibility index (Phi) is 4.72. The van der Waals surface area contributed by atoms with E-state index in [2.05, 4.69) is 25.9 Å². The summed E-state index contributed by atoms with van der Waals surface area (Å²) in [6, 6.07) is 16.7. The van der Waals surface area contributed by atoms with Crippen LogP contribution in [0.25, 0.3) is 22.6 Å². The number of rotatable bonds is 3. The fourth-order valence-corrected chi connectivity index (χ4v) is 3.51. The number of nitrogens with zero attached hydrogens (tertiary/aromatic N) is 2. The van der Waals surface area contributed by atoms with Crippen LogP contribution in [-0.2, 0) is 0 Å². The van der Waals surface area contributed by atoms with Crippen molar-refractivity contribution in [1.82, 2.24) is 4.98 Å². The highest BCUT2D eigenvalue weighted by molar-refractivity contribution is 9.10. The maximum atomic E-state index is 10.1. The van der Waals surface area contributed by atoms with Gasteiger partial charge in [-0.05, 0) is 76.9 Å². The van der Waals surface area contributed by atoms with Gasteiger partial charge in [0.05, 0.1) is 10.2 Å². The molecule has 0 aliphatic rings. The number of hydrogen-bond donors (Lipinski definition) is 1. The van der Waals surface area contributed by atoms with Gasteiger partial charge in [0.25, 0.3) is 0 Å². The molecule has 27 heavy (non-hydrogen) atoms. The van der Waals surface area contributed by atoms with Crippen molar-refractivity contribution in [2.24, 2.45) is 4.99 Å². The molecule has 0 fully saturated rings. The Labute approximate surface area is 169 Å². The number of aliphatic imine (C=N–C) groups is 1. The lowest BCUT2D eigenvalue weighted by molar-refractivity contribution is 0.471. The molecule has 0 aliphatic carbocycles. The molecule has 0 unspecified atom stereocenters. The van der Waals surface area contributed by atoms with E-state index in [0.29, 0.717) is 20.9 Å². The molecule has 4 rings (SSSR count). The van der Waals surface area contributed by atoms with E-state index >= 15 is 0 Å². The minimum atomic E-state index is 0.0986. The monoisotopic (exact) mass is 440 g/mol. The summed E-state index contributed by atoms with van der Waals surface area (Å²) in [5.74, 6) is 0.670. The largest absolute Gasteiger partial charge is 0.506 e. The molecule has 4 aromatic rings. The Morgan fingerprint density at radius 1 is 1.11 bits per heavy atom. The normalized spacial score (nSPS) is 11.5. The molecule has 0 radical (unpaired) electrons. The fourth-order valence-electron chi connectivity index (χ4n) is 2.67. The Balaban J connectivity index is 1.60. The summed E-state index contributed by atoms with van der Waals surface area (Å²) in [6.07, 6.45) is 1.57. The van der Waals surface area contributed by atoms with E-state index in [-0.39, 0.29) is 5.75 Å². The van der Waals surface area contributed by atoms with Crippen LogP contribution in [0.1, 0.15) is 11.1 Å². The Hall–Kier alpha value is -2.63.